The van der Waals surface area contributed by atoms with E-state index in [-0.39, 0.29) is 28.2 Å². The Kier molecular flexibility index (Phi) is 6.35. The molecule has 0 unspecified atom stereocenters. The number of carbonyl (C=O) groups excluding carboxylic acids is 1. The monoisotopic (exact) mass is 502 g/mol. The fraction of sp³-hybridized carbons (Fsp3) is 0.240. The highest BCUT2D eigenvalue weighted by Crippen LogP contribution is 2.40. The smallest absolute Gasteiger partial charge is 0.200 e. The van der Waals surface area contributed by atoms with Gasteiger partial charge in [0.1, 0.15) is 5.75 Å². The maximum Gasteiger partial charge on any atom is 0.200 e. The van der Waals surface area contributed by atoms with Gasteiger partial charge in [-0.3, -0.25) is 4.79 Å². The fourth-order valence-electron chi connectivity index (χ4n) is 4.18. The van der Waals surface area contributed by atoms with Crippen LogP contribution >= 0.6 is 0 Å². The van der Waals surface area contributed by atoms with Crippen LogP contribution < -0.4 is 4.74 Å². The van der Waals surface area contributed by atoms with Crippen LogP contribution in [-0.2, 0) is 26.1 Å². The molecule has 1 atom stereocenters. The molecule has 0 radical (unpaired) electrons. The third-order valence-corrected chi connectivity index (χ3v) is 11.2. The Morgan fingerprint density at radius 2 is 1.41 bits per heavy atom. The molecule has 1 aliphatic rings. The van der Waals surface area contributed by atoms with E-state index in [4.69, 9.17) is 4.74 Å². The van der Waals surface area contributed by atoms with Gasteiger partial charge in [-0.2, -0.15) is 0 Å². The van der Waals surface area contributed by atoms with Crippen LogP contribution in [-0.4, -0.2) is 40.0 Å². The number of halogens is 1. The van der Waals surface area contributed by atoms with Crippen molar-refractivity contribution in [1.82, 2.24) is 0 Å². The van der Waals surface area contributed by atoms with Gasteiger partial charge in [-0.25, -0.2) is 21.2 Å². The van der Waals surface area contributed by atoms with E-state index in [0.717, 1.165) is 0 Å². The molecule has 0 heterocycles. The summed E-state index contributed by atoms with van der Waals surface area (Å²) >= 11 is 0. The number of ketones is 1. The number of benzene rings is 3. The van der Waals surface area contributed by atoms with E-state index in [1.807, 2.05) is 0 Å². The summed E-state index contributed by atoms with van der Waals surface area (Å²) in [6.07, 6.45) is -1.21. The second-order valence-electron chi connectivity index (χ2n) is 8.17. The van der Waals surface area contributed by atoms with Crippen LogP contribution in [0.1, 0.15) is 28.8 Å². The first-order valence-electron chi connectivity index (χ1n) is 10.6. The predicted octanol–water partition coefficient (Wildman–Crippen LogP) is 4.20. The van der Waals surface area contributed by atoms with Gasteiger partial charge in [-0.15, -0.1) is 0 Å². The van der Waals surface area contributed by atoms with E-state index in [0.29, 0.717) is 11.3 Å². The first-order valence-corrected chi connectivity index (χ1v) is 13.7. The van der Waals surface area contributed by atoms with Crippen molar-refractivity contribution >= 4 is 25.5 Å². The van der Waals surface area contributed by atoms with Crippen LogP contribution in [0.5, 0.6) is 5.75 Å². The van der Waals surface area contributed by atoms with E-state index in [1.165, 1.54) is 67.8 Å². The zero-order valence-corrected chi connectivity index (χ0v) is 20.0. The molecule has 34 heavy (non-hydrogen) atoms. The SMILES string of the molecule is COc1ccc2c(c1)CC[C@](F)(CC(S(=O)(=O)c1ccccc1)S(=O)(=O)c1ccccc1)C2=O. The molecule has 0 fully saturated rings. The largest absolute Gasteiger partial charge is 0.497 e. The summed E-state index contributed by atoms with van der Waals surface area (Å²) in [6.45, 7) is 0. The molecule has 0 saturated carbocycles. The molecule has 3 aromatic rings. The summed E-state index contributed by atoms with van der Waals surface area (Å²) in [7, 11) is -7.64. The second kappa shape index (κ2) is 8.96. The van der Waals surface area contributed by atoms with Gasteiger partial charge in [-0.1, -0.05) is 36.4 Å². The molecule has 1 aliphatic carbocycles. The van der Waals surface area contributed by atoms with Crippen molar-refractivity contribution in [2.75, 3.05) is 7.11 Å². The minimum Gasteiger partial charge on any atom is -0.497 e. The lowest BCUT2D eigenvalue weighted by Crippen LogP contribution is -2.45. The topological polar surface area (TPSA) is 94.6 Å². The maximum atomic E-state index is 16.3. The third-order valence-electron chi connectivity index (χ3n) is 6.08. The predicted molar refractivity (Wildman–Crippen MR) is 125 cm³/mol. The van der Waals surface area contributed by atoms with Gasteiger partial charge in [0.05, 0.1) is 16.9 Å². The first kappa shape index (κ1) is 24.1. The molecular weight excluding hydrogens is 479 g/mol. The molecule has 3 aromatic carbocycles. The molecule has 178 valence electrons. The molecule has 9 heteroatoms. The van der Waals surface area contributed by atoms with Crippen LogP contribution in [0.2, 0.25) is 0 Å². The van der Waals surface area contributed by atoms with Gasteiger partial charge in [0.15, 0.2) is 35.7 Å². The first-order chi connectivity index (χ1) is 16.1. The van der Waals surface area contributed by atoms with E-state index in [2.05, 4.69) is 0 Å². The summed E-state index contributed by atoms with van der Waals surface area (Å²) in [5.41, 5.74) is -2.00. The van der Waals surface area contributed by atoms with Crippen LogP contribution in [0.4, 0.5) is 4.39 Å². The molecule has 0 saturated heterocycles. The molecule has 4 rings (SSSR count). The van der Waals surface area contributed by atoms with Crippen molar-refractivity contribution in [2.24, 2.45) is 0 Å². The molecular formula is C25H23FO6S2. The number of sulfone groups is 2. The summed E-state index contributed by atoms with van der Waals surface area (Å²) in [5.74, 6) is -0.415. The number of ether oxygens (including phenoxy) is 1. The minimum absolute atomic E-state index is 0.0996. The zero-order valence-electron chi connectivity index (χ0n) is 18.3. The Morgan fingerprint density at radius 1 is 0.882 bits per heavy atom. The number of Topliss-reactive ketones (excluding diaryl/α,β-unsaturated/α-hetero) is 1. The second-order valence-corrected chi connectivity index (χ2v) is 12.7. The zero-order chi connectivity index (χ0) is 24.6. The quantitative estimate of drug-likeness (QED) is 0.481. The number of alkyl halides is 1. The Labute approximate surface area is 198 Å². The highest BCUT2D eigenvalue weighted by atomic mass is 32.3. The van der Waals surface area contributed by atoms with E-state index in [9.17, 15) is 21.6 Å². The number of hydrogen-bond donors (Lipinski definition) is 0. The van der Waals surface area contributed by atoms with E-state index in [1.54, 1.807) is 18.2 Å². The fourth-order valence-corrected chi connectivity index (χ4v) is 8.83. The van der Waals surface area contributed by atoms with Crippen LogP contribution in [0.15, 0.2) is 88.7 Å². The van der Waals surface area contributed by atoms with Gasteiger partial charge in [0.25, 0.3) is 0 Å². The number of hydrogen-bond acceptors (Lipinski definition) is 6. The van der Waals surface area contributed by atoms with Crippen molar-refractivity contribution in [3.63, 3.8) is 0 Å². The molecule has 6 nitrogen and oxygen atoms in total. The van der Waals surface area contributed by atoms with E-state index >= 15 is 4.39 Å². The molecule has 0 amide bonds. The van der Waals surface area contributed by atoms with Crippen molar-refractivity contribution in [2.45, 2.75) is 39.3 Å². The Balaban J connectivity index is 1.81. The average Bonchev–Trinajstić information content (AvgIpc) is 2.86. The molecule has 0 bridgehead atoms. The van der Waals surface area contributed by atoms with Crippen LogP contribution in [0.25, 0.3) is 0 Å². The Bertz CT molecular complexity index is 1350. The highest BCUT2D eigenvalue weighted by Gasteiger charge is 2.51. The van der Waals surface area contributed by atoms with Crippen LogP contribution in [0.3, 0.4) is 0 Å². The number of methoxy groups -OCH3 is 1. The maximum absolute atomic E-state index is 16.3. The van der Waals surface area contributed by atoms with Gasteiger partial charge in [0.2, 0.25) is 0 Å². The minimum atomic E-state index is -4.56. The van der Waals surface area contributed by atoms with Gasteiger partial charge >= 0.3 is 0 Å². The molecule has 0 N–H and O–H groups in total. The Hall–Kier alpha value is -3.04. The summed E-state index contributed by atoms with van der Waals surface area (Å²) in [5, 5.41) is 0. The normalized spacial score (nSPS) is 18.5. The number of carbonyl (C=O) groups is 1. The highest BCUT2D eigenvalue weighted by molar-refractivity contribution is 8.09. The Morgan fingerprint density at radius 3 is 1.91 bits per heavy atom. The lowest BCUT2D eigenvalue weighted by atomic mass is 9.79. The van der Waals surface area contributed by atoms with Gasteiger partial charge in [0, 0.05) is 12.0 Å². The third kappa shape index (κ3) is 4.25. The summed E-state index contributed by atoms with van der Waals surface area (Å²) in [6, 6.07) is 18.6. The number of rotatable bonds is 7. The summed E-state index contributed by atoms with van der Waals surface area (Å²) < 4.78 is 73.4. The van der Waals surface area contributed by atoms with E-state index < -0.39 is 42.1 Å². The number of fused-ring (bicyclic) bond motifs is 1. The average molecular weight is 503 g/mol. The lowest BCUT2D eigenvalue weighted by Gasteiger charge is -2.32. The molecule has 0 aliphatic heterocycles. The molecule has 0 spiro atoms. The van der Waals surface area contributed by atoms with Crippen molar-refractivity contribution in [3.8, 4) is 5.75 Å². The van der Waals surface area contributed by atoms with Crippen LogP contribution in [0, 0.1) is 0 Å². The number of aryl methyl sites for hydroxylation is 1. The lowest BCUT2D eigenvalue weighted by molar-refractivity contribution is 0.0621. The van der Waals surface area contributed by atoms with Gasteiger partial charge in [-0.05, 0) is 60.9 Å². The van der Waals surface area contributed by atoms with Gasteiger partial charge < -0.3 is 4.74 Å². The van der Waals surface area contributed by atoms with Crippen molar-refractivity contribution in [3.05, 3.63) is 90.0 Å². The standard InChI is InChI=1S/C25H23FO6S2/c1-32-19-12-13-22-18(16-19)14-15-25(26,24(22)27)17-23(33(28,29)20-8-4-2-5-9-20)34(30,31)21-10-6-3-7-11-21/h2-13,16,23H,14-15,17H2,1H3/t25-/m0/s1. The molecule has 0 aromatic heterocycles. The summed E-state index contributed by atoms with van der Waals surface area (Å²) in [4.78, 5) is 12.7. The van der Waals surface area contributed by atoms with Crippen molar-refractivity contribution in [1.29, 1.82) is 0 Å². The van der Waals surface area contributed by atoms with Crippen molar-refractivity contribution < 1.29 is 30.8 Å².